The zero-order valence-electron chi connectivity index (χ0n) is 7.98. The van der Waals surface area contributed by atoms with Crippen LogP contribution >= 0.6 is 0 Å². The van der Waals surface area contributed by atoms with Gasteiger partial charge in [0.1, 0.15) is 11.4 Å². The maximum atomic E-state index is 13.5. The van der Waals surface area contributed by atoms with E-state index in [1.54, 1.807) is 0 Å². The number of nitro groups is 1. The second-order valence-electron chi connectivity index (χ2n) is 3.09. The number of hydrogen-bond donors (Lipinski definition) is 2. The highest BCUT2D eigenvalue weighted by Crippen LogP contribution is 2.33. The van der Waals surface area contributed by atoms with Crippen LogP contribution in [0.25, 0.3) is 11.3 Å². The summed E-state index contributed by atoms with van der Waals surface area (Å²) in [6.45, 7) is 0. The molecule has 6 nitrogen and oxygen atoms in total. The highest BCUT2D eigenvalue weighted by atomic mass is 19.1. The maximum absolute atomic E-state index is 13.5. The minimum Gasteiger partial charge on any atom is -0.396 e. The van der Waals surface area contributed by atoms with Crippen molar-refractivity contribution in [3.63, 3.8) is 0 Å². The van der Waals surface area contributed by atoms with Gasteiger partial charge in [-0.1, -0.05) is 6.07 Å². The third-order valence-corrected chi connectivity index (χ3v) is 2.11. The summed E-state index contributed by atoms with van der Waals surface area (Å²) in [5, 5.41) is 16.8. The normalized spacial score (nSPS) is 10.3. The Hall–Kier alpha value is -2.44. The van der Waals surface area contributed by atoms with E-state index in [1.807, 2.05) is 0 Å². The molecule has 3 N–H and O–H groups in total. The van der Waals surface area contributed by atoms with Crippen LogP contribution < -0.4 is 5.73 Å². The first-order chi connectivity index (χ1) is 7.61. The van der Waals surface area contributed by atoms with E-state index in [9.17, 15) is 14.5 Å². The van der Waals surface area contributed by atoms with Gasteiger partial charge in [-0.25, -0.2) is 4.39 Å². The van der Waals surface area contributed by atoms with E-state index in [2.05, 4.69) is 10.2 Å². The Balaban J connectivity index is 2.73. The molecule has 16 heavy (non-hydrogen) atoms. The Labute approximate surface area is 89.0 Å². The highest BCUT2D eigenvalue weighted by molar-refractivity contribution is 5.79. The monoisotopic (exact) mass is 222 g/mol. The molecule has 0 saturated heterocycles. The molecule has 7 heteroatoms. The summed E-state index contributed by atoms with van der Waals surface area (Å²) >= 11 is 0. The van der Waals surface area contributed by atoms with Gasteiger partial charge in [0, 0.05) is 6.07 Å². The van der Waals surface area contributed by atoms with Crippen LogP contribution in [0.4, 0.5) is 15.8 Å². The first-order valence-electron chi connectivity index (χ1n) is 4.33. The van der Waals surface area contributed by atoms with E-state index in [0.717, 1.165) is 6.07 Å². The number of aromatic amines is 1. The van der Waals surface area contributed by atoms with Gasteiger partial charge in [-0.3, -0.25) is 15.2 Å². The molecule has 0 atom stereocenters. The Morgan fingerprint density at radius 3 is 2.81 bits per heavy atom. The van der Waals surface area contributed by atoms with E-state index in [1.165, 1.54) is 18.3 Å². The van der Waals surface area contributed by atoms with Crippen LogP contribution in [-0.2, 0) is 0 Å². The van der Waals surface area contributed by atoms with E-state index in [-0.39, 0.29) is 22.6 Å². The van der Waals surface area contributed by atoms with Crippen molar-refractivity contribution in [1.82, 2.24) is 10.2 Å². The minimum absolute atomic E-state index is 0.116. The van der Waals surface area contributed by atoms with Crippen LogP contribution in [0, 0.1) is 15.9 Å². The fraction of sp³-hybridized carbons (Fsp3) is 0. The molecule has 0 aliphatic heterocycles. The molecule has 0 aliphatic carbocycles. The molecule has 1 aromatic heterocycles. The predicted molar refractivity (Wildman–Crippen MR) is 55.0 cm³/mol. The molecule has 1 aromatic carbocycles. The van der Waals surface area contributed by atoms with Crippen molar-refractivity contribution in [3.8, 4) is 11.3 Å². The lowest BCUT2D eigenvalue weighted by atomic mass is 10.1. The van der Waals surface area contributed by atoms with Crippen LogP contribution in [-0.4, -0.2) is 15.1 Å². The van der Waals surface area contributed by atoms with Crippen LogP contribution in [0.3, 0.4) is 0 Å². The molecule has 0 unspecified atom stereocenters. The topological polar surface area (TPSA) is 97.8 Å². The molecule has 0 spiro atoms. The summed E-state index contributed by atoms with van der Waals surface area (Å²) < 4.78 is 13.5. The largest absolute Gasteiger partial charge is 0.396 e. The standard InChI is InChI=1S/C9H7FN4O2/c10-5-2-1-3-7(14(15)16)8(5)9-6(11)4-12-13-9/h1-4H,11H2,(H,12,13). The maximum Gasteiger partial charge on any atom is 0.281 e. The zero-order valence-corrected chi connectivity index (χ0v) is 7.98. The molecule has 0 amide bonds. The lowest BCUT2D eigenvalue weighted by Crippen LogP contribution is -1.97. The fourth-order valence-electron chi connectivity index (χ4n) is 1.41. The van der Waals surface area contributed by atoms with Crippen molar-refractivity contribution in [3.05, 3.63) is 40.3 Å². The number of anilines is 1. The number of nitrogen functional groups attached to an aromatic ring is 1. The Morgan fingerprint density at radius 2 is 2.25 bits per heavy atom. The molecule has 82 valence electrons. The number of nitrogens with one attached hydrogen (secondary N) is 1. The smallest absolute Gasteiger partial charge is 0.281 e. The van der Waals surface area contributed by atoms with Gasteiger partial charge in [-0.15, -0.1) is 0 Å². The van der Waals surface area contributed by atoms with Crippen LogP contribution in [0.2, 0.25) is 0 Å². The number of hydrogen-bond acceptors (Lipinski definition) is 4. The first-order valence-corrected chi connectivity index (χ1v) is 4.33. The molecular formula is C9H7FN4O2. The number of rotatable bonds is 2. The average molecular weight is 222 g/mol. The number of benzene rings is 1. The van der Waals surface area contributed by atoms with Crippen molar-refractivity contribution in [2.24, 2.45) is 0 Å². The number of nitrogens with zero attached hydrogens (tertiary/aromatic N) is 2. The van der Waals surface area contributed by atoms with E-state index in [4.69, 9.17) is 5.73 Å². The molecule has 0 saturated carbocycles. The number of nitrogens with two attached hydrogens (primary N) is 1. The summed E-state index contributed by atoms with van der Waals surface area (Å²) in [5.41, 5.74) is 5.27. The second kappa shape index (κ2) is 3.61. The quantitative estimate of drug-likeness (QED) is 0.596. The van der Waals surface area contributed by atoms with E-state index >= 15 is 0 Å². The predicted octanol–water partition coefficient (Wildman–Crippen LogP) is 1.71. The second-order valence-corrected chi connectivity index (χ2v) is 3.09. The molecule has 1 heterocycles. The fourth-order valence-corrected chi connectivity index (χ4v) is 1.41. The third kappa shape index (κ3) is 1.48. The van der Waals surface area contributed by atoms with Gasteiger partial charge in [-0.05, 0) is 6.07 Å². The van der Waals surface area contributed by atoms with Gasteiger partial charge in [-0.2, -0.15) is 5.10 Å². The number of halogens is 1. The van der Waals surface area contributed by atoms with E-state index < -0.39 is 10.7 Å². The van der Waals surface area contributed by atoms with Gasteiger partial charge in [0.05, 0.1) is 22.5 Å². The Kier molecular flexibility index (Phi) is 2.28. The average Bonchev–Trinajstić information content (AvgIpc) is 2.64. The van der Waals surface area contributed by atoms with Gasteiger partial charge < -0.3 is 5.73 Å². The molecule has 2 rings (SSSR count). The molecule has 0 fully saturated rings. The number of aromatic nitrogens is 2. The van der Waals surface area contributed by atoms with Crippen LogP contribution in [0.5, 0.6) is 0 Å². The van der Waals surface area contributed by atoms with Crippen molar-refractivity contribution >= 4 is 11.4 Å². The van der Waals surface area contributed by atoms with E-state index in [0.29, 0.717) is 0 Å². The number of nitro benzene ring substituents is 1. The molecular weight excluding hydrogens is 215 g/mol. The first kappa shape index (κ1) is 10.1. The number of H-pyrrole nitrogens is 1. The molecule has 0 radical (unpaired) electrons. The van der Waals surface area contributed by atoms with Crippen molar-refractivity contribution in [1.29, 1.82) is 0 Å². The Bertz CT molecular complexity index is 552. The van der Waals surface area contributed by atoms with Gasteiger partial charge >= 0.3 is 0 Å². The third-order valence-electron chi connectivity index (χ3n) is 2.11. The van der Waals surface area contributed by atoms with Gasteiger partial charge in [0.15, 0.2) is 0 Å². The summed E-state index contributed by atoms with van der Waals surface area (Å²) in [5.74, 6) is -0.717. The lowest BCUT2D eigenvalue weighted by Gasteiger charge is -2.02. The summed E-state index contributed by atoms with van der Waals surface area (Å²) in [6, 6.07) is 3.60. The van der Waals surface area contributed by atoms with Crippen LogP contribution in [0.1, 0.15) is 0 Å². The van der Waals surface area contributed by atoms with Crippen molar-refractivity contribution < 1.29 is 9.31 Å². The zero-order chi connectivity index (χ0) is 11.7. The summed E-state index contributed by atoms with van der Waals surface area (Å²) in [7, 11) is 0. The summed E-state index contributed by atoms with van der Waals surface area (Å²) in [6.07, 6.45) is 1.27. The van der Waals surface area contributed by atoms with Crippen molar-refractivity contribution in [2.75, 3.05) is 5.73 Å². The summed E-state index contributed by atoms with van der Waals surface area (Å²) in [4.78, 5) is 10.1. The molecule has 0 bridgehead atoms. The minimum atomic E-state index is -0.717. The van der Waals surface area contributed by atoms with Gasteiger partial charge in [0.2, 0.25) is 0 Å². The highest BCUT2D eigenvalue weighted by Gasteiger charge is 2.22. The van der Waals surface area contributed by atoms with Crippen LogP contribution in [0.15, 0.2) is 24.4 Å². The van der Waals surface area contributed by atoms with Crippen molar-refractivity contribution in [2.45, 2.75) is 0 Å². The molecule has 2 aromatic rings. The SMILES string of the molecule is Nc1cn[nH]c1-c1c(F)cccc1[N+](=O)[O-]. The lowest BCUT2D eigenvalue weighted by molar-refractivity contribution is -0.384. The molecule has 0 aliphatic rings. The van der Waals surface area contributed by atoms with Gasteiger partial charge in [0.25, 0.3) is 5.69 Å². The Morgan fingerprint density at radius 1 is 1.50 bits per heavy atom.